The van der Waals surface area contributed by atoms with Gasteiger partial charge in [-0.3, -0.25) is 14.5 Å². The third-order valence-corrected chi connectivity index (χ3v) is 5.43. The van der Waals surface area contributed by atoms with Gasteiger partial charge in [0.15, 0.2) is 0 Å². The number of esters is 1. The number of pyridine rings is 1. The third-order valence-electron chi connectivity index (χ3n) is 3.13. The number of methoxy groups -OCH3 is 1. The Morgan fingerprint density at radius 2 is 2.09 bits per heavy atom. The fourth-order valence-electron chi connectivity index (χ4n) is 2.09. The maximum absolute atomic E-state index is 11.9. The second kappa shape index (κ2) is 8.19. The van der Waals surface area contributed by atoms with Gasteiger partial charge in [-0.05, 0) is 29.3 Å². The molecule has 0 bridgehead atoms. The van der Waals surface area contributed by atoms with Crippen LogP contribution in [0.15, 0.2) is 29.4 Å². The number of amides is 2. The van der Waals surface area contributed by atoms with Crippen LogP contribution in [0.5, 0.6) is 0 Å². The number of imide groups is 1. The van der Waals surface area contributed by atoms with Gasteiger partial charge in [0.1, 0.15) is 11.1 Å². The van der Waals surface area contributed by atoms with Crippen molar-refractivity contribution in [1.82, 2.24) is 9.88 Å². The number of ether oxygens (including phenoxy) is 1. The molecule has 0 aliphatic carbocycles. The third kappa shape index (κ3) is 4.23. The van der Waals surface area contributed by atoms with E-state index in [1.165, 1.54) is 28.7 Å². The number of likely N-dealkylation sites (tertiary alicyclic amines) is 1. The van der Waals surface area contributed by atoms with Crippen LogP contribution in [-0.4, -0.2) is 46.6 Å². The lowest BCUT2D eigenvalue weighted by Gasteiger charge is -2.23. The lowest BCUT2D eigenvalue weighted by atomic mass is 10.2. The van der Waals surface area contributed by atoms with E-state index in [-0.39, 0.29) is 24.7 Å². The van der Waals surface area contributed by atoms with Gasteiger partial charge >= 0.3 is 5.97 Å². The van der Waals surface area contributed by atoms with Gasteiger partial charge in [-0.2, -0.15) is 0 Å². The zero-order valence-corrected chi connectivity index (χ0v) is 13.7. The minimum atomic E-state index is -0.829. The molecule has 8 heteroatoms. The van der Waals surface area contributed by atoms with Crippen LogP contribution < -0.4 is 0 Å². The van der Waals surface area contributed by atoms with E-state index in [0.717, 1.165) is 9.93 Å². The van der Waals surface area contributed by atoms with E-state index in [1.54, 1.807) is 6.20 Å². The van der Waals surface area contributed by atoms with Crippen molar-refractivity contribution in [2.75, 3.05) is 12.9 Å². The molecule has 1 saturated heterocycles. The van der Waals surface area contributed by atoms with Crippen LogP contribution in [0.2, 0.25) is 0 Å². The van der Waals surface area contributed by atoms with E-state index in [2.05, 4.69) is 4.98 Å². The molecule has 1 unspecified atom stereocenters. The van der Waals surface area contributed by atoms with E-state index in [1.807, 2.05) is 18.2 Å². The molecule has 1 fully saturated rings. The van der Waals surface area contributed by atoms with Crippen molar-refractivity contribution < 1.29 is 19.1 Å². The topological polar surface area (TPSA) is 76.6 Å². The van der Waals surface area contributed by atoms with E-state index >= 15 is 0 Å². The van der Waals surface area contributed by atoms with Crippen molar-refractivity contribution in [2.45, 2.75) is 30.3 Å². The van der Waals surface area contributed by atoms with Gasteiger partial charge in [0, 0.05) is 24.8 Å². The first-order valence-corrected chi connectivity index (χ1v) is 9.08. The average molecular weight is 340 g/mol. The molecular formula is C14H16N2O4S2. The Bertz CT molecular complexity index is 537. The highest BCUT2D eigenvalue weighted by molar-refractivity contribution is 8.76. The fraction of sp³-hybridized carbons (Fsp3) is 0.429. The largest absolute Gasteiger partial charge is 0.467 e. The molecule has 6 nitrogen and oxygen atoms in total. The van der Waals surface area contributed by atoms with Crippen LogP contribution in [0.25, 0.3) is 0 Å². The highest BCUT2D eigenvalue weighted by atomic mass is 33.1. The van der Waals surface area contributed by atoms with E-state index in [0.29, 0.717) is 12.2 Å². The Kier molecular flexibility index (Phi) is 6.26. The van der Waals surface area contributed by atoms with Crippen molar-refractivity contribution in [3.63, 3.8) is 0 Å². The molecule has 0 aromatic carbocycles. The predicted octanol–water partition coefficient (Wildman–Crippen LogP) is 1.90. The number of hydrogen-bond acceptors (Lipinski definition) is 7. The molecule has 2 rings (SSSR count). The summed E-state index contributed by atoms with van der Waals surface area (Å²) in [4.78, 5) is 40.6. The van der Waals surface area contributed by atoms with Gasteiger partial charge in [0.05, 0.1) is 7.11 Å². The second-order valence-electron chi connectivity index (χ2n) is 4.56. The summed E-state index contributed by atoms with van der Waals surface area (Å²) in [5, 5.41) is 0.871. The van der Waals surface area contributed by atoms with Crippen molar-refractivity contribution in [2.24, 2.45) is 0 Å². The van der Waals surface area contributed by atoms with Gasteiger partial charge in [-0.1, -0.05) is 16.9 Å². The number of rotatable bonds is 7. The molecule has 0 N–H and O–H groups in total. The van der Waals surface area contributed by atoms with Gasteiger partial charge in [-0.25, -0.2) is 9.78 Å². The molecule has 0 spiro atoms. The summed E-state index contributed by atoms with van der Waals surface area (Å²) >= 11 is 0. The summed E-state index contributed by atoms with van der Waals surface area (Å²) in [7, 11) is 4.27. The van der Waals surface area contributed by atoms with Gasteiger partial charge in [-0.15, -0.1) is 0 Å². The SMILES string of the molecule is COC(=O)C(CCSSc1ccccn1)N1C(=O)CCC1=O. The van der Waals surface area contributed by atoms with Crippen LogP contribution in [-0.2, 0) is 19.1 Å². The average Bonchev–Trinajstić information content (AvgIpc) is 2.87. The molecule has 1 atom stereocenters. The molecule has 1 aromatic heterocycles. The van der Waals surface area contributed by atoms with Crippen LogP contribution in [0.3, 0.4) is 0 Å². The Labute approximate surface area is 136 Å². The summed E-state index contributed by atoms with van der Waals surface area (Å²) in [5.74, 6) is -0.560. The first-order chi connectivity index (χ1) is 10.6. The van der Waals surface area contributed by atoms with E-state index in [4.69, 9.17) is 4.74 Å². The monoisotopic (exact) mass is 340 g/mol. The van der Waals surface area contributed by atoms with Crippen molar-refractivity contribution in [3.05, 3.63) is 24.4 Å². The highest BCUT2D eigenvalue weighted by Gasteiger charge is 2.39. The Morgan fingerprint density at radius 3 is 2.68 bits per heavy atom. The summed E-state index contributed by atoms with van der Waals surface area (Å²) in [6.45, 7) is 0. The molecule has 118 valence electrons. The molecular weight excluding hydrogens is 324 g/mol. The quantitative estimate of drug-likeness (QED) is 0.325. The van der Waals surface area contributed by atoms with Crippen LogP contribution in [0.4, 0.5) is 0 Å². The summed E-state index contributed by atoms with van der Waals surface area (Å²) in [6.07, 6.45) is 2.42. The predicted molar refractivity (Wildman–Crippen MR) is 84.1 cm³/mol. The minimum Gasteiger partial charge on any atom is -0.467 e. The summed E-state index contributed by atoms with van der Waals surface area (Å²) < 4.78 is 4.72. The number of nitrogens with zero attached hydrogens (tertiary/aromatic N) is 2. The molecule has 22 heavy (non-hydrogen) atoms. The standard InChI is InChI=1S/C14H16N2O4S2/c1-20-14(19)10(16-12(17)5-6-13(16)18)7-9-21-22-11-4-2-3-8-15-11/h2-4,8,10H,5-7,9H2,1H3. The Morgan fingerprint density at radius 1 is 1.36 bits per heavy atom. The molecule has 2 heterocycles. The number of hydrogen-bond donors (Lipinski definition) is 0. The van der Waals surface area contributed by atoms with E-state index < -0.39 is 12.0 Å². The van der Waals surface area contributed by atoms with Gasteiger partial charge in [0.2, 0.25) is 11.8 Å². The first kappa shape index (κ1) is 16.8. The normalized spacial score (nSPS) is 16.0. The Hall–Kier alpha value is -1.54. The van der Waals surface area contributed by atoms with Crippen molar-refractivity contribution in [3.8, 4) is 0 Å². The van der Waals surface area contributed by atoms with Crippen LogP contribution in [0.1, 0.15) is 19.3 Å². The highest BCUT2D eigenvalue weighted by Crippen LogP contribution is 2.30. The summed E-state index contributed by atoms with van der Waals surface area (Å²) in [5.41, 5.74) is 0. The molecule has 2 amide bonds. The number of carbonyl (C=O) groups excluding carboxylic acids is 3. The van der Waals surface area contributed by atoms with Gasteiger partial charge < -0.3 is 4.74 Å². The lowest BCUT2D eigenvalue weighted by molar-refractivity contribution is -0.156. The fourth-order valence-corrected chi connectivity index (χ4v) is 4.05. The van der Waals surface area contributed by atoms with Gasteiger partial charge in [0.25, 0.3) is 0 Å². The smallest absolute Gasteiger partial charge is 0.329 e. The first-order valence-electron chi connectivity index (χ1n) is 6.76. The zero-order valence-electron chi connectivity index (χ0n) is 12.1. The Balaban J connectivity index is 1.89. The molecule has 1 aliphatic heterocycles. The second-order valence-corrected chi connectivity index (χ2v) is 6.99. The minimum absolute atomic E-state index is 0.169. The number of carbonyl (C=O) groups is 3. The summed E-state index contributed by atoms with van der Waals surface area (Å²) in [6, 6.07) is 4.80. The van der Waals surface area contributed by atoms with Crippen LogP contribution >= 0.6 is 21.6 Å². The van der Waals surface area contributed by atoms with E-state index in [9.17, 15) is 14.4 Å². The molecule has 0 radical (unpaired) electrons. The maximum Gasteiger partial charge on any atom is 0.329 e. The molecule has 1 aliphatic rings. The lowest BCUT2D eigenvalue weighted by Crippen LogP contribution is -2.45. The maximum atomic E-state index is 11.9. The van der Waals surface area contributed by atoms with Crippen molar-refractivity contribution >= 4 is 39.4 Å². The molecule has 0 saturated carbocycles. The molecule has 1 aromatic rings. The van der Waals surface area contributed by atoms with Crippen LogP contribution in [0, 0.1) is 0 Å². The van der Waals surface area contributed by atoms with Crippen molar-refractivity contribution in [1.29, 1.82) is 0 Å². The zero-order chi connectivity index (χ0) is 15.9. The number of aromatic nitrogens is 1.